The lowest BCUT2D eigenvalue weighted by Gasteiger charge is -2.14. The van der Waals surface area contributed by atoms with Crippen molar-refractivity contribution >= 4 is 22.8 Å². The van der Waals surface area contributed by atoms with Crippen LogP contribution in [-0.4, -0.2) is 32.7 Å². The van der Waals surface area contributed by atoms with Crippen LogP contribution in [0.2, 0.25) is 0 Å². The molecule has 3 rings (SSSR count). The van der Waals surface area contributed by atoms with Crippen molar-refractivity contribution < 1.29 is 19.8 Å². The summed E-state index contributed by atoms with van der Waals surface area (Å²) in [7, 11) is 1.49. The van der Waals surface area contributed by atoms with E-state index in [9.17, 15) is 19.5 Å². The van der Waals surface area contributed by atoms with Crippen molar-refractivity contribution in [2.75, 3.05) is 0 Å². The standard InChI is InChI=1S/C20H18N2O5/c1-11(20(26)27)21-18(24)16-17(23)14-10-13(12-6-4-3-5-7-12)8-9-15(14)22(2)19(16)25/h3-11,23H,1-2H3,(H,21,24)(H,26,27)/t11-/m0/s1. The Morgan fingerprint density at radius 3 is 2.37 bits per heavy atom. The molecule has 0 aliphatic heterocycles. The number of benzene rings is 2. The highest BCUT2D eigenvalue weighted by Crippen LogP contribution is 2.30. The Morgan fingerprint density at radius 2 is 1.74 bits per heavy atom. The van der Waals surface area contributed by atoms with Crippen molar-refractivity contribution in [1.82, 2.24) is 9.88 Å². The highest BCUT2D eigenvalue weighted by atomic mass is 16.4. The summed E-state index contributed by atoms with van der Waals surface area (Å²) >= 11 is 0. The average Bonchev–Trinajstić information content (AvgIpc) is 2.66. The van der Waals surface area contributed by atoms with Gasteiger partial charge < -0.3 is 20.1 Å². The molecule has 0 fully saturated rings. The highest BCUT2D eigenvalue weighted by molar-refractivity contribution is 6.04. The molecule has 1 heterocycles. The third-order valence-electron chi connectivity index (χ3n) is 4.42. The largest absolute Gasteiger partial charge is 0.506 e. The van der Waals surface area contributed by atoms with Gasteiger partial charge in [0.1, 0.15) is 17.4 Å². The van der Waals surface area contributed by atoms with Crippen molar-refractivity contribution in [3.8, 4) is 16.9 Å². The number of hydrogen-bond donors (Lipinski definition) is 3. The number of carbonyl (C=O) groups is 2. The molecule has 0 saturated heterocycles. The second-order valence-electron chi connectivity index (χ2n) is 6.22. The summed E-state index contributed by atoms with van der Waals surface area (Å²) < 4.78 is 1.25. The number of fused-ring (bicyclic) bond motifs is 1. The second-order valence-corrected chi connectivity index (χ2v) is 6.22. The van der Waals surface area contributed by atoms with Crippen LogP contribution in [-0.2, 0) is 11.8 Å². The number of carboxylic acids is 1. The van der Waals surface area contributed by atoms with Crippen molar-refractivity contribution in [1.29, 1.82) is 0 Å². The van der Waals surface area contributed by atoms with Gasteiger partial charge in [0.05, 0.1) is 5.52 Å². The van der Waals surface area contributed by atoms with Gasteiger partial charge in [-0.1, -0.05) is 36.4 Å². The molecule has 0 bridgehead atoms. The van der Waals surface area contributed by atoms with Crippen molar-refractivity contribution in [3.63, 3.8) is 0 Å². The molecule has 1 atom stereocenters. The summed E-state index contributed by atoms with van der Waals surface area (Å²) in [5, 5.41) is 22.1. The number of nitrogens with one attached hydrogen (secondary N) is 1. The summed E-state index contributed by atoms with van der Waals surface area (Å²) in [6, 6.07) is 13.5. The van der Waals surface area contributed by atoms with Crippen molar-refractivity contribution in [2.45, 2.75) is 13.0 Å². The molecule has 27 heavy (non-hydrogen) atoms. The van der Waals surface area contributed by atoms with Crippen LogP contribution in [0.15, 0.2) is 53.3 Å². The fourth-order valence-corrected chi connectivity index (χ4v) is 2.88. The van der Waals surface area contributed by atoms with E-state index < -0.39 is 34.8 Å². The lowest BCUT2D eigenvalue weighted by molar-refractivity contribution is -0.138. The van der Waals surface area contributed by atoms with Crippen LogP contribution in [0.1, 0.15) is 17.3 Å². The molecule has 0 aliphatic carbocycles. The van der Waals surface area contributed by atoms with E-state index in [1.165, 1.54) is 18.5 Å². The van der Waals surface area contributed by atoms with E-state index in [-0.39, 0.29) is 0 Å². The van der Waals surface area contributed by atoms with Gasteiger partial charge in [0.15, 0.2) is 0 Å². The lowest BCUT2D eigenvalue weighted by atomic mass is 10.0. The Hall–Kier alpha value is -3.61. The number of rotatable bonds is 4. The summed E-state index contributed by atoms with van der Waals surface area (Å²) in [5.41, 5.74) is 0.992. The Kier molecular flexibility index (Phi) is 4.68. The predicted molar refractivity (Wildman–Crippen MR) is 101 cm³/mol. The molecule has 1 amide bonds. The van der Waals surface area contributed by atoms with Gasteiger partial charge in [0, 0.05) is 12.4 Å². The molecule has 3 aromatic rings. The van der Waals surface area contributed by atoms with E-state index in [0.717, 1.165) is 11.1 Å². The molecule has 0 saturated carbocycles. The van der Waals surface area contributed by atoms with Crippen molar-refractivity contribution in [3.05, 3.63) is 64.4 Å². The molecule has 0 radical (unpaired) electrons. The monoisotopic (exact) mass is 366 g/mol. The zero-order valence-corrected chi connectivity index (χ0v) is 14.8. The molecule has 1 aromatic heterocycles. The maximum Gasteiger partial charge on any atom is 0.325 e. The predicted octanol–water partition coefficient (Wildman–Crippen LogP) is 2.11. The van der Waals surface area contributed by atoms with Crippen LogP contribution in [0.5, 0.6) is 5.75 Å². The fourth-order valence-electron chi connectivity index (χ4n) is 2.88. The van der Waals surface area contributed by atoms with Crippen LogP contribution in [0.4, 0.5) is 0 Å². The number of aromatic nitrogens is 1. The van der Waals surface area contributed by atoms with E-state index in [4.69, 9.17) is 5.11 Å². The number of aryl methyl sites for hydroxylation is 1. The average molecular weight is 366 g/mol. The number of pyridine rings is 1. The van der Waals surface area contributed by atoms with Gasteiger partial charge in [-0.3, -0.25) is 14.4 Å². The number of carboxylic acid groups (broad SMARTS) is 1. The number of carbonyl (C=O) groups excluding carboxylic acids is 1. The molecule has 0 aliphatic rings. The Bertz CT molecular complexity index is 1100. The molecule has 0 unspecified atom stereocenters. The quantitative estimate of drug-likeness (QED) is 0.655. The van der Waals surface area contributed by atoms with Gasteiger partial charge in [-0.05, 0) is 30.2 Å². The summed E-state index contributed by atoms with van der Waals surface area (Å²) in [6.07, 6.45) is 0. The van der Waals surface area contributed by atoms with Gasteiger partial charge in [0.25, 0.3) is 11.5 Å². The zero-order valence-electron chi connectivity index (χ0n) is 14.8. The number of amides is 1. The van der Waals surface area contributed by atoms with Crippen LogP contribution >= 0.6 is 0 Å². The maximum atomic E-state index is 12.5. The molecule has 3 N–H and O–H groups in total. The van der Waals surface area contributed by atoms with Gasteiger partial charge in [0.2, 0.25) is 0 Å². The molecular weight excluding hydrogens is 348 g/mol. The minimum absolute atomic E-state index is 0.326. The third-order valence-corrected chi connectivity index (χ3v) is 4.42. The summed E-state index contributed by atoms with van der Waals surface area (Å²) in [4.78, 5) is 35.9. The smallest absolute Gasteiger partial charge is 0.325 e. The van der Waals surface area contributed by atoms with Gasteiger partial charge in [-0.2, -0.15) is 0 Å². The highest BCUT2D eigenvalue weighted by Gasteiger charge is 2.24. The summed E-state index contributed by atoms with van der Waals surface area (Å²) in [6.45, 7) is 1.27. The normalized spacial score (nSPS) is 11.9. The molecule has 0 spiro atoms. The van der Waals surface area contributed by atoms with Gasteiger partial charge in [-0.25, -0.2) is 0 Å². The summed E-state index contributed by atoms with van der Waals surface area (Å²) in [5.74, 6) is -2.65. The second kappa shape index (κ2) is 6.95. The first-order valence-electron chi connectivity index (χ1n) is 8.26. The van der Waals surface area contributed by atoms with E-state index >= 15 is 0 Å². The van der Waals surface area contributed by atoms with E-state index in [2.05, 4.69) is 5.32 Å². The minimum Gasteiger partial charge on any atom is -0.506 e. The molecule has 7 nitrogen and oxygen atoms in total. The van der Waals surface area contributed by atoms with Gasteiger partial charge >= 0.3 is 5.97 Å². The first kappa shape index (κ1) is 18.2. The van der Waals surface area contributed by atoms with Crippen LogP contribution in [0, 0.1) is 0 Å². The first-order chi connectivity index (χ1) is 12.8. The molecule has 138 valence electrons. The minimum atomic E-state index is -1.24. The van der Waals surface area contributed by atoms with Crippen LogP contribution in [0.25, 0.3) is 22.0 Å². The number of hydrogen-bond acceptors (Lipinski definition) is 4. The molecule has 2 aromatic carbocycles. The molecule has 7 heteroatoms. The van der Waals surface area contributed by atoms with Crippen LogP contribution < -0.4 is 10.9 Å². The van der Waals surface area contributed by atoms with E-state index in [0.29, 0.717) is 10.9 Å². The number of aliphatic carboxylic acids is 1. The van der Waals surface area contributed by atoms with Crippen molar-refractivity contribution in [2.24, 2.45) is 7.05 Å². The molecular formula is C20H18N2O5. The fraction of sp³-hybridized carbons (Fsp3) is 0.150. The van der Waals surface area contributed by atoms with Gasteiger partial charge in [-0.15, -0.1) is 0 Å². The Balaban J connectivity index is 2.19. The Morgan fingerprint density at radius 1 is 1.07 bits per heavy atom. The first-order valence-corrected chi connectivity index (χ1v) is 8.26. The number of nitrogens with zero attached hydrogens (tertiary/aromatic N) is 1. The number of aromatic hydroxyl groups is 1. The van der Waals surface area contributed by atoms with E-state index in [1.54, 1.807) is 12.1 Å². The van der Waals surface area contributed by atoms with Crippen LogP contribution in [0.3, 0.4) is 0 Å². The third kappa shape index (κ3) is 3.27. The maximum absolute atomic E-state index is 12.5. The lowest BCUT2D eigenvalue weighted by Crippen LogP contribution is -2.41. The zero-order chi connectivity index (χ0) is 19.7. The topological polar surface area (TPSA) is 109 Å². The Labute approximate surface area is 154 Å². The van der Waals surface area contributed by atoms with E-state index in [1.807, 2.05) is 36.4 Å². The SMILES string of the molecule is C[C@H](NC(=O)c1c(O)c2cc(-c3ccccc3)ccc2n(C)c1=O)C(=O)O.